The lowest BCUT2D eigenvalue weighted by Crippen LogP contribution is -2.28. The third-order valence-electron chi connectivity index (χ3n) is 4.04. The average molecular weight is 301 g/mol. The van der Waals surface area contributed by atoms with Crippen molar-refractivity contribution in [1.82, 2.24) is 9.88 Å². The van der Waals surface area contributed by atoms with E-state index in [-0.39, 0.29) is 5.69 Å². The van der Waals surface area contributed by atoms with Gasteiger partial charge in [-0.05, 0) is 37.6 Å². The first-order chi connectivity index (χ1) is 10.8. The summed E-state index contributed by atoms with van der Waals surface area (Å²) in [7, 11) is 0. The molecule has 1 fully saturated rings. The fraction of sp³-hybridized carbons (Fsp3) is 0.375. The zero-order valence-corrected chi connectivity index (χ0v) is 12.3. The van der Waals surface area contributed by atoms with Crippen molar-refractivity contribution in [2.24, 2.45) is 0 Å². The van der Waals surface area contributed by atoms with E-state index in [0.717, 1.165) is 25.9 Å². The first-order valence-electron chi connectivity index (χ1n) is 7.49. The fourth-order valence-electron chi connectivity index (χ4n) is 3.00. The number of H-pyrrole nitrogens is 1. The summed E-state index contributed by atoms with van der Waals surface area (Å²) in [6.45, 7) is 2.24. The minimum atomic E-state index is -0.410. The minimum absolute atomic E-state index is 0.0184. The second-order valence-corrected chi connectivity index (χ2v) is 5.39. The van der Waals surface area contributed by atoms with Crippen LogP contribution in [0.1, 0.15) is 24.6 Å². The van der Waals surface area contributed by atoms with E-state index in [1.165, 1.54) is 11.8 Å². The largest absolute Gasteiger partial charge is 0.485 e. The number of hydrogen-bond donors (Lipinski definition) is 1. The van der Waals surface area contributed by atoms with E-state index in [1.54, 1.807) is 18.2 Å². The van der Waals surface area contributed by atoms with Gasteiger partial charge in [0, 0.05) is 30.5 Å². The van der Waals surface area contributed by atoms with E-state index >= 15 is 0 Å². The lowest BCUT2D eigenvalue weighted by molar-refractivity contribution is -0.385. The summed E-state index contributed by atoms with van der Waals surface area (Å²) >= 11 is 0. The Morgan fingerprint density at radius 1 is 1.32 bits per heavy atom. The molecule has 116 valence electrons. The third kappa shape index (κ3) is 3.12. The standard InChI is InChI=1S/C16H19N3O3/c20-19(21)15-6-1-2-8-16(15)22-12-11-18-10-4-7-14(18)13-5-3-9-17-13/h1-3,5-6,8-9,14,17H,4,7,10-12H2. The van der Waals surface area contributed by atoms with Crippen LogP contribution in [0.2, 0.25) is 0 Å². The highest BCUT2D eigenvalue weighted by Gasteiger charge is 2.26. The molecule has 0 aliphatic carbocycles. The Morgan fingerprint density at radius 2 is 2.18 bits per heavy atom. The van der Waals surface area contributed by atoms with Gasteiger partial charge in [0.1, 0.15) is 6.61 Å². The molecule has 1 unspecified atom stereocenters. The molecule has 1 N–H and O–H groups in total. The summed E-state index contributed by atoms with van der Waals surface area (Å²) < 4.78 is 5.63. The lowest BCUT2D eigenvalue weighted by atomic mass is 10.1. The maximum Gasteiger partial charge on any atom is 0.310 e. The van der Waals surface area contributed by atoms with Crippen molar-refractivity contribution in [2.75, 3.05) is 19.7 Å². The summed E-state index contributed by atoms with van der Waals surface area (Å²) in [6, 6.07) is 11.0. The van der Waals surface area contributed by atoms with Crippen molar-refractivity contribution < 1.29 is 9.66 Å². The van der Waals surface area contributed by atoms with Crippen LogP contribution in [0.4, 0.5) is 5.69 Å². The number of hydrogen-bond acceptors (Lipinski definition) is 4. The number of nitro groups is 1. The van der Waals surface area contributed by atoms with Crippen LogP contribution < -0.4 is 4.74 Å². The Kier molecular flexibility index (Phi) is 4.39. The fourth-order valence-corrected chi connectivity index (χ4v) is 3.00. The highest BCUT2D eigenvalue weighted by atomic mass is 16.6. The van der Waals surface area contributed by atoms with Gasteiger partial charge < -0.3 is 9.72 Å². The molecule has 1 aromatic carbocycles. The predicted octanol–water partition coefficient (Wildman–Crippen LogP) is 3.14. The van der Waals surface area contributed by atoms with Crippen LogP contribution in [-0.4, -0.2) is 34.5 Å². The molecule has 1 aromatic heterocycles. The number of rotatable bonds is 6. The molecule has 6 nitrogen and oxygen atoms in total. The number of likely N-dealkylation sites (tertiary alicyclic amines) is 1. The minimum Gasteiger partial charge on any atom is -0.485 e. The van der Waals surface area contributed by atoms with Gasteiger partial charge in [-0.3, -0.25) is 15.0 Å². The first kappa shape index (κ1) is 14.6. The summed E-state index contributed by atoms with van der Waals surface area (Å²) in [5, 5.41) is 11.0. The normalized spacial score (nSPS) is 18.5. The smallest absolute Gasteiger partial charge is 0.310 e. The molecule has 2 heterocycles. The van der Waals surface area contributed by atoms with Crippen LogP contribution in [0.5, 0.6) is 5.75 Å². The van der Waals surface area contributed by atoms with Crippen LogP contribution in [0.3, 0.4) is 0 Å². The van der Waals surface area contributed by atoms with Gasteiger partial charge in [-0.2, -0.15) is 0 Å². The summed E-state index contributed by atoms with van der Waals surface area (Å²) in [5.41, 5.74) is 1.24. The highest BCUT2D eigenvalue weighted by molar-refractivity contribution is 5.45. The number of nitro benzene ring substituents is 1. The third-order valence-corrected chi connectivity index (χ3v) is 4.04. The van der Waals surface area contributed by atoms with Crippen LogP contribution >= 0.6 is 0 Å². The summed E-state index contributed by atoms with van der Waals surface area (Å²) in [4.78, 5) is 16.2. The number of ether oxygens (including phenoxy) is 1. The number of aromatic amines is 1. The van der Waals surface area contributed by atoms with Gasteiger partial charge in [0.15, 0.2) is 5.75 Å². The molecule has 1 aliphatic rings. The molecule has 0 bridgehead atoms. The second-order valence-electron chi connectivity index (χ2n) is 5.39. The first-order valence-corrected chi connectivity index (χ1v) is 7.49. The van der Waals surface area contributed by atoms with Crippen molar-refractivity contribution in [2.45, 2.75) is 18.9 Å². The lowest BCUT2D eigenvalue weighted by Gasteiger charge is -2.23. The topological polar surface area (TPSA) is 71.4 Å². The Balaban J connectivity index is 1.58. The quantitative estimate of drug-likeness (QED) is 0.657. The molecule has 6 heteroatoms. The van der Waals surface area contributed by atoms with Crippen molar-refractivity contribution in [3.8, 4) is 5.75 Å². The SMILES string of the molecule is O=[N+]([O-])c1ccccc1OCCN1CCCC1c1ccc[nH]1. The molecular formula is C16H19N3O3. The van der Waals surface area contributed by atoms with E-state index < -0.39 is 4.92 Å². The van der Waals surface area contributed by atoms with E-state index in [1.807, 2.05) is 12.3 Å². The summed E-state index contributed by atoms with van der Waals surface area (Å²) in [5.74, 6) is 0.336. The Labute approximate surface area is 128 Å². The number of benzene rings is 1. The van der Waals surface area contributed by atoms with Crippen molar-refractivity contribution in [1.29, 1.82) is 0 Å². The Hall–Kier alpha value is -2.34. The molecule has 3 rings (SSSR count). The van der Waals surface area contributed by atoms with Gasteiger partial charge >= 0.3 is 5.69 Å². The molecule has 0 spiro atoms. The van der Waals surface area contributed by atoms with Crippen LogP contribution in [0.25, 0.3) is 0 Å². The monoisotopic (exact) mass is 301 g/mol. The number of nitrogens with one attached hydrogen (secondary N) is 1. The molecular weight excluding hydrogens is 282 g/mol. The van der Waals surface area contributed by atoms with Crippen LogP contribution in [0, 0.1) is 10.1 Å². The van der Waals surface area contributed by atoms with Gasteiger partial charge in [0.2, 0.25) is 0 Å². The molecule has 0 saturated carbocycles. The van der Waals surface area contributed by atoms with Gasteiger partial charge in [0.05, 0.1) is 4.92 Å². The zero-order chi connectivity index (χ0) is 15.4. The van der Waals surface area contributed by atoms with E-state index in [4.69, 9.17) is 4.74 Å². The summed E-state index contributed by atoms with van der Waals surface area (Å²) in [6.07, 6.45) is 4.23. The average Bonchev–Trinajstić information content (AvgIpc) is 3.18. The van der Waals surface area contributed by atoms with Gasteiger partial charge in [-0.1, -0.05) is 12.1 Å². The molecule has 0 radical (unpaired) electrons. The van der Waals surface area contributed by atoms with Crippen molar-refractivity contribution in [3.63, 3.8) is 0 Å². The maximum absolute atomic E-state index is 11.0. The molecule has 1 atom stereocenters. The van der Waals surface area contributed by atoms with Gasteiger partial charge in [-0.25, -0.2) is 0 Å². The molecule has 1 aliphatic heterocycles. The number of para-hydroxylation sites is 2. The van der Waals surface area contributed by atoms with E-state index in [2.05, 4.69) is 16.0 Å². The number of nitrogens with zero attached hydrogens (tertiary/aromatic N) is 2. The van der Waals surface area contributed by atoms with Crippen LogP contribution in [0.15, 0.2) is 42.6 Å². The molecule has 22 heavy (non-hydrogen) atoms. The Morgan fingerprint density at radius 3 is 2.95 bits per heavy atom. The molecule has 2 aromatic rings. The van der Waals surface area contributed by atoms with E-state index in [0.29, 0.717) is 18.4 Å². The maximum atomic E-state index is 11.0. The highest BCUT2D eigenvalue weighted by Crippen LogP contribution is 2.31. The molecule has 1 saturated heterocycles. The zero-order valence-electron chi connectivity index (χ0n) is 12.3. The van der Waals surface area contributed by atoms with Gasteiger partial charge in [-0.15, -0.1) is 0 Å². The second kappa shape index (κ2) is 6.62. The van der Waals surface area contributed by atoms with Gasteiger partial charge in [0.25, 0.3) is 0 Å². The van der Waals surface area contributed by atoms with Crippen molar-refractivity contribution in [3.05, 3.63) is 58.4 Å². The van der Waals surface area contributed by atoms with E-state index in [9.17, 15) is 10.1 Å². The van der Waals surface area contributed by atoms with Crippen molar-refractivity contribution >= 4 is 5.69 Å². The van der Waals surface area contributed by atoms with Crippen LogP contribution in [-0.2, 0) is 0 Å². The Bertz CT molecular complexity index is 627. The molecule has 0 amide bonds. The number of aromatic nitrogens is 1. The predicted molar refractivity (Wildman–Crippen MR) is 82.9 cm³/mol.